The number of hydrogen-bond acceptors (Lipinski definition) is 6. The van der Waals surface area contributed by atoms with E-state index < -0.39 is 22.6 Å². The van der Waals surface area contributed by atoms with Crippen LogP contribution in [0.25, 0.3) is 21.7 Å². The standard InChI is InChI=1S/C21H22N2O6S/c1-14-16-8-7-15-5-3-4-6-17(15)20(16)29-19(14)21(25)28-13-18(24)22-9-11-23(12-10-22)30(2,26)27/h3-8H,9-13H2,1-2H3. The van der Waals surface area contributed by atoms with Crippen molar-refractivity contribution in [2.24, 2.45) is 0 Å². The van der Waals surface area contributed by atoms with E-state index in [-0.39, 0.29) is 37.8 Å². The van der Waals surface area contributed by atoms with Crippen LogP contribution in [-0.4, -0.2) is 68.5 Å². The van der Waals surface area contributed by atoms with Crippen molar-refractivity contribution in [1.82, 2.24) is 9.21 Å². The van der Waals surface area contributed by atoms with Gasteiger partial charge in [0.25, 0.3) is 5.91 Å². The number of esters is 1. The van der Waals surface area contributed by atoms with Crippen molar-refractivity contribution < 1.29 is 27.2 Å². The molecule has 2 aromatic carbocycles. The fourth-order valence-corrected chi connectivity index (χ4v) is 4.52. The summed E-state index contributed by atoms with van der Waals surface area (Å²) in [5.74, 6) is -0.984. The zero-order chi connectivity index (χ0) is 21.5. The van der Waals surface area contributed by atoms with Gasteiger partial charge in [-0.25, -0.2) is 13.2 Å². The van der Waals surface area contributed by atoms with Crippen LogP contribution < -0.4 is 0 Å². The average Bonchev–Trinajstić information content (AvgIpc) is 3.08. The van der Waals surface area contributed by atoms with Crippen LogP contribution in [0.2, 0.25) is 0 Å². The van der Waals surface area contributed by atoms with Crippen molar-refractivity contribution in [1.29, 1.82) is 0 Å². The van der Waals surface area contributed by atoms with E-state index in [1.807, 2.05) is 36.4 Å². The summed E-state index contributed by atoms with van der Waals surface area (Å²) < 4.78 is 35.5. The van der Waals surface area contributed by atoms with Gasteiger partial charge in [0.15, 0.2) is 6.61 Å². The molecule has 2 heterocycles. The number of sulfonamides is 1. The summed E-state index contributed by atoms with van der Waals surface area (Å²) in [6, 6.07) is 11.6. The number of ether oxygens (including phenoxy) is 1. The molecular formula is C21H22N2O6S. The van der Waals surface area contributed by atoms with Crippen LogP contribution >= 0.6 is 0 Å². The van der Waals surface area contributed by atoms with Crippen LogP contribution in [0.15, 0.2) is 40.8 Å². The quantitative estimate of drug-likeness (QED) is 0.589. The van der Waals surface area contributed by atoms with E-state index in [1.165, 1.54) is 9.21 Å². The van der Waals surface area contributed by atoms with Gasteiger partial charge in [0.05, 0.1) is 6.26 Å². The highest BCUT2D eigenvalue weighted by Gasteiger charge is 2.27. The minimum atomic E-state index is -3.27. The molecule has 158 valence electrons. The van der Waals surface area contributed by atoms with E-state index in [1.54, 1.807) is 6.92 Å². The first-order valence-electron chi connectivity index (χ1n) is 9.56. The molecule has 0 spiro atoms. The maximum atomic E-state index is 12.6. The van der Waals surface area contributed by atoms with Crippen LogP contribution in [0.5, 0.6) is 0 Å². The summed E-state index contributed by atoms with van der Waals surface area (Å²) >= 11 is 0. The molecule has 1 aliphatic heterocycles. The van der Waals surface area contributed by atoms with E-state index in [0.717, 1.165) is 22.4 Å². The third-order valence-corrected chi connectivity index (χ3v) is 6.70. The van der Waals surface area contributed by atoms with Crippen molar-refractivity contribution in [3.05, 3.63) is 47.7 Å². The molecule has 1 amide bonds. The summed E-state index contributed by atoms with van der Waals surface area (Å²) in [6.45, 7) is 2.35. The molecule has 1 fully saturated rings. The first-order valence-corrected chi connectivity index (χ1v) is 11.4. The summed E-state index contributed by atoms with van der Waals surface area (Å²) in [7, 11) is -3.27. The van der Waals surface area contributed by atoms with Crippen LogP contribution in [0, 0.1) is 6.92 Å². The van der Waals surface area contributed by atoms with E-state index in [2.05, 4.69) is 0 Å². The fourth-order valence-electron chi connectivity index (χ4n) is 3.70. The number of nitrogens with zero attached hydrogens (tertiary/aromatic N) is 2. The maximum absolute atomic E-state index is 12.6. The highest BCUT2D eigenvalue weighted by molar-refractivity contribution is 7.88. The molecule has 1 aliphatic rings. The Hall–Kier alpha value is -2.91. The Labute approximate surface area is 174 Å². The number of piperazine rings is 1. The van der Waals surface area contributed by atoms with Crippen molar-refractivity contribution in [2.45, 2.75) is 6.92 Å². The van der Waals surface area contributed by atoms with Gasteiger partial charge in [-0.15, -0.1) is 0 Å². The van der Waals surface area contributed by atoms with Gasteiger partial charge >= 0.3 is 5.97 Å². The molecule has 0 saturated carbocycles. The van der Waals surface area contributed by atoms with Gasteiger partial charge in [-0.2, -0.15) is 4.31 Å². The average molecular weight is 430 g/mol. The number of amides is 1. The van der Waals surface area contributed by atoms with Crippen molar-refractivity contribution >= 4 is 43.6 Å². The Morgan fingerprint density at radius 1 is 1.03 bits per heavy atom. The van der Waals surface area contributed by atoms with Gasteiger partial charge in [0, 0.05) is 42.5 Å². The van der Waals surface area contributed by atoms with Gasteiger partial charge < -0.3 is 14.1 Å². The molecule has 0 N–H and O–H groups in total. The van der Waals surface area contributed by atoms with Crippen molar-refractivity contribution in [2.75, 3.05) is 39.0 Å². The lowest BCUT2D eigenvalue weighted by Crippen LogP contribution is -2.51. The van der Waals surface area contributed by atoms with Gasteiger partial charge in [-0.3, -0.25) is 4.79 Å². The molecule has 1 aromatic heterocycles. The van der Waals surface area contributed by atoms with Crippen molar-refractivity contribution in [3.63, 3.8) is 0 Å². The molecule has 8 nitrogen and oxygen atoms in total. The van der Waals surface area contributed by atoms with E-state index in [9.17, 15) is 18.0 Å². The second-order valence-corrected chi connectivity index (χ2v) is 9.32. The number of furan rings is 1. The first kappa shape index (κ1) is 20.4. The van der Waals surface area contributed by atoms with Crippen LogP contribution in [0.3, 0.4) is 0 Å². The zero-order valence-corrected chi connectivity index (χ0v) is 17.6. The molecule has 9 heteroatoms. The third-order valence-electron chi connectivity index (χ3n) is 5.40. The number of hydrogen-bond donors (Lipinski definition) is 0. The highest BCUT2D eigenvalue weighted by Crippen LogP contribution is 2.32. The lowest BCUT2D eigenvalue weighted by Gasteiger charge is -2.33. The van der Waals surface area contributed by atoms with E-state index in [0.29, 0.717) is 11.1 Å². The molecule has 30 heavy (non-hydrogen) atoms. The summed E-state index contributed by atoms with van der Waals surface area (Å²) in [5, 5.41) is 2.72. The molecule has 0 radical (unpaired) electrons. The summed E-state index contributed by atoms with van der Waals surface area (Å²) in [4.78, 5) is 26.4. The number of benzene rings is 2. The number of fused-ring (bicyclic) bond motifs is 3. The number of rotatable bonds is 4. The first-order chi connectivity index (χ1) is 14.3. The van der Waals surface area contributed by atoms with Gasteiger partial charge in [0.2, 0.25) is 15.8 Å². The Kier molecular flexibility index (Phi) is 5.25. The Balaban J connectivity index is 1.44. The third kappa shape index (κ3) is 3.78. The maximum Gasteiger partial charge on any atom is 0.375 e. The molecule has 1 saturated heterocycles. The van der Waals surface area contributed by atoms with Gasteiger partial charge in [0.1, 0.15) is 5.58 Å². The Morgan fingerprint density at radius 2 is 1.73 bits per heavy atom. The number of carbonyl (C=O) groups excluding carboxylic acids is 2. The van der Waals surface area contributed by atoms with Crippen LogP contribution in [0.4, 0.5) is 0 Å². The molecule has 0 atom stereocenters. The summed E-state index contributed by atoms with van der Waals surface area (Å²) in [6.07, 6.45) is 1.14. The Morgan fingerprint density at radius 3 is 2.43 bits per heavy atom. The molecule has 0 unspecified atom stereocenters. The molecule has 0 bridgehead atoms. The molecular weight excluding hydrogens is 408 g/mol. The second kappa shape index (κ2) is 7.73. The van der Waals surface area contributed by atoms with Gasteiger partial charge in [-0.1, -0.05) is 36.4 Å². The highest BCUT2D eigenvalue weighted by atomic mass is 32.2. The zero-order valence-electron chi connectivity index (χ0n) is 16.8. The minimum Gasteiger partial charge on any atom is -0.450 e. The molecule has 3 aromatic rings. The fraction of sp³-hybridized carbons (Fsp3) is 0.333. The lowest BCUT2D eigenvalue weighted by molar-refractivity contribution is -0.135. The predicted molar refractivity (Wildman–Crippen MR) is 112 cm³/mol. The molecule has 0 aliphatic carbocycles. The van der Waals surface area contributed by atoms with E-state index in [4.69, 9.17) is 9.15 Å². The lowest BCUT2D eigenvalue weighted by atomic mass is 10.1. The topological polar surface area (TPSA) is 97.1 Å². The van der Waals surface area contributed by atoms with Gasteiger partial charge in [-0.05, 0) is 12.3 Å². The monoisotopic (exact) mass is 430 g/mol. The molecule has 4 rings (SSSR count). The minimum absolute atomic E-state index is 0.0797. The normalized spacial score (nSPS) is 15.6. The smallest absolute Gasteiger partial charge is 0.375 e. The second-order valence-electron chi connectivity index (χ2n) is 7.34. The van der Waals surface area contributed by atoms with E-state index >= 15 is 0 Å². The largest absolute Gasteiger partial charge is 0.450 e. The van der Waals surface area contributed by atoms with Crippen LogP contribution in [-0.2, 0) is 19.6 Å². The summed E-state index contributed by atoms with van der Waals surface area (Å²) in [5.41, 5.74) is 1.27. The Bertz CT molecular complexity index is 1240. The van der Waals surface area contributed by atoms with Crippen molar-refractivity contribution in [3.8, 4) is 0 Å². The predicted octanol–water partition coefficient (Wildman–Crippen LogP) is 2.16. The number of carbonyl (C=O) groups is 2. The number of aryl methyl sites for hydroxylation is 1. The SMILES string of the molecule is Cc1c(C(=O)OCC(=O)N2CCN(S(C)(=O)=O)CC2)oc2c1ccc1ccccc12. The van der Waals surface area contributed by atoms with Crippen LogP contribution in [0.1, 0.15) is 16.1 Å².